The highest BCUT2D eigenvalue weighted by atomic mass is 79.9. The molecular formula is C9H11BrClNO. The zero-order valence-electron chi connectivity index (χ0n) is 7.22. The molecule has 1 aromatic carbocycles. The lowest BCUT2D eigenvalue weighted by Gasteiger charge is -2.14. The van der Waals surface area contributed by atoms with Crippen molar-refractivity contribution >= 4 is 27.5 Å². The number of halogens is 2. The quantitative estimate of drug-likeness (QED) is 0.819. The van der Waals surface area contributed by atoms with Gasteiger partial charge in [0.2, 0.25) is 0 Å². The Kier molecular flexibility index (Phi) is 4.19. The monoisotopic (exact) mass is 263 g/mol. The molecule has 4 heteroatoms. The predicted octanol–water partition coefficient (Wildman–Crippen LogP) is 3.53. The largest absolute Gasteiger partial charge is 0.316 e. The van der Waals surface area contributed by atoms with Gasteiger partial charge in [-0.15, -0.1) is 0 Å². The Labute approximate surface area is 91.0 Å². The van der Waals surface area contributed by atoms with Crippen LogP contribution in [0.5, 0.6) is 0 Å². The van der Waals surface area contributed by atoms with Gasteiger partial charge in [-0.2, -0.15) is 5.48 Å². The summed E-state index contributed by atoms with van der Waals surface area (Å²) < 4.78 is 0.949. The molecule has 72 valence electrons. The molecule has 2 nitrogen and oxygen atoms in total. The molecule has 0 bridgehead atoms. The molecule has 1 aromatic rings. The van der Waals surface area contributed by atoms with Crippen LogP contribution < -0.4 is 5.48 Å². The minimum absolute atomic E-state index is 0.0759. The Bertz CT molecular complexity index is 289. The first-order chi connectivity index (χ1) is 6.19. The second-order valence-electron chi connectivity index (χ2n) is 2.76. The first-order valence-electron chi connectivity index (χ1n) is 4.03. The summed E-state index contributed by atoms with van der Waals surface area (Å²) in [6.07, 6.45) is 0.801. The standard InChI is InChI=1S/C9H11BrClNO/c1-2-9(12-13)7-5-6(11)3-4-8(7)10/h3-5,9,12-13H,2H2,1H3/t9-/m1/s1. The number of hydrogen-bond donors (Lipinski definition) is 2. The second kappa shape index (κ2) is 4.96. The number of hydroxylamine groups is 1. The SMILES string of the molecule is CC[C@@H](NO)c1cc(Cl)ccc1Br. The molecule has 0 aromatic heterocycles. The third-order valence-corrected chi connectivity index (χ3v) is 2.85. The van der Waals surface area contributed by atoms with E-state index in [4.69, 9.17) is 16.8 Å². The molecular weight excluding hydrogens is 253 g/mol. The lowest BCUT2D eigenvalue weighted by Crippen LogP contribution is -2.16. The molecule has 0 aliphatic carbocycles. The van der Waals surface area contributed by atoms with Gasteiger partial charge in [0.1, 0.15) is 0 Å². The van der Waals surface area contributed by atoms with Gasteiger partial charge in [-0.3, -0.25) is 0 Å². The van der Waals surface area contributed by atoms with Gasteiger partial charge in [0.25, 0.3) is 0 Å². The van der Waals surface area contributed by atoms with Crippen LogP contribution in [0.4, 0.5) is 0 Å². The zero-order chi connectivity index (χ0) is 9.84. The van der Waals surface area contributed by atoms with Crippen molar-refractivity contribution in [3.05, 3.63) is 33.3 Å². The maximum absolute atomic E-state index is 8.88. The lowest BCUT2D eigenvalue weighted by molar-refractivity contribution is 0.124. The third kappa shape index (κ3) is 2.68. The van der Waals surface area contributed by atoms with Crippen LogP contribution in [-0.2, 0) is 0 Å². The second-order valence-corrected chi connectivity index (χ2v) is 4.05. The Morgan fingerprint density at radius 1 is 1.62 bits per heavy atom. The average Bonchev–Trinajstić information content (AvgIpc) is 2.13. The van der Waals surface area contributed by atoms with E-state index in [2.05, 4.69) is 21.4 Å². The van der Waals surface area contributed by atoms with E-state index in [9.17, 15) is 0 Å². The summed E-state index contributed by atoms with van der Waals surface area (Å²) in [4.78, 5) is 0. The maximum Gasteiger partial charge on any atom is 0.0577 e. The van der Waals surface area contributed by atoms with Gasteiger partial charge in [0.15, 0.2) is 0 Å². The van der Waals surface area contributed by atoms with E-state index in [1.165, 1.54) is 0 Å². The number of nitrogens with one attached hydrogen (secondary N) is 1. The van der Waals surface area contributed by atoms with E-state index < -0.39 is 0 Å². The lowest BCUT2D eigenvalue weighted by atomic mass is 10.1. The molecule has 1 rings (SSSR count). The van der Waals surface area contributed by atoms with Crippen LogP contribution in [0.25, 0.3) is 0 Å². The van der Waals surface area contributed by atoms with Gasteiger partial charge in [-0.25, -0.2) is 0 Å². The van der Waals surface area contributed by atoms with Crippen molar-refractivity contribution in [3.63, 3.8) is 0 Å². The smallest absolute Gasteiger partial charge is 0.0577 e. The third-order valence-electron chi connectivity index (χ3n) is 1.90. The molecule has 2 N–H and O–H groups in total. The fourth-order valence-electron chi connectivity index (χ4n) is 1.16. The molecule has 0 heterocycles. The van der Waals surface area contributed by atoms with Gasteiger partial charge < -0.3 is 5.21 Å². The molecule has 0 aliphatic rings. The highest BCUT2D eigenvalue weighted by Gasteiger charge is 2.11. The molecule has 0 unspecified atom stereocenters. The van der Waals surface area contributed by atoms with E-state index >= 15 is 0 Å². The summed E-state index contributed by atoms with van der Waals surface area (Å²) in [5.74, 6) is 0. The van der Waals surface area contributed by atoms with Crippen LogP contribution >= 0.6 is 27.5 Å². The topological polar surface area (TPSA) is 32.3 Å². The fourth-order valence-corrected chi connectivity index (χ4v) is 1.87. The summed E-state index contributed by atoms with van der Waals surface area (Å²) >= 11 is 9.25. The highest BCUT2D eigenvalue weighted by molar-refractivity contribution is 9.10. The summed E-state index contributed by atoms with van der Waals surface area (Å²) in [5, 5.41) is 9.55. The first-order valence-corrected chi connectivity index (χ1v) is 5.20. The molecule has 1 atom stereocenters. The van der Waals surface area contributed by atoms with Crippen molar-refractivity contribution < 1.29 is 5.21 Å². The molecule has 0 fully saturated rings. The van der Waals surface area contributed by atoms with Gasteiger partial charge >= 0.3 is 0 Å². The van der Waals surface area contributed by atoms with Gasteiger partial charge in [-0.05, 0) is 30.2 Å². The zero-order valence-corrected chi connectivity index (χ0v) is 9.56. The number of hydrogen-bond acceptors (Lipinski definition) is 2. The summed E-state index contributed by atoms with van der Waals surface area (Å²) in [6, 6.07) is 5.44. The molecule has 13 heavy (non-hydrogen) atoms. The molecule has 0 radical (unpaired) electrons. The first kappa shape index (κ1) is 11.0. The minimum Gasteiger partial charge on any atom is -0.316 e. The van der Waals surface area contributed by atoms with Crippen molar-refractivity contribution in [2.24, 2.45) is 0 Å². The molecule has 0 saturated carbocycles. The van der Waals surface area contributed by atoms with Crippen molar-refractivity contribution in [1.82, 2.24) is 5.48 Å². The van der Waals surface area contributed by atoms with E-state index in [0.29, 0.717) is 5.02 Å². The van der Waals surface area contributed by atoms with Gasteiger partial charge in [0, 0.05) is 9.50 Å². The van der Waals surface area contributed by atoms with Crippen LogP contribution in [0.1, 0.15) is 24.9 Å². The number of rotatable bonds is 3. The summed E-state index contributed by atoms with van der Waals surface area (Å²) in [6.45, 7) is 1.99. The molecule has 0 aliphatic heterocycles. The molecule has 0 spiro atoms. The van der Waals surface area contributed by atoms with Crippen LogP contribution in [0.15, 0.2) is 22.7 Å². The van der Waals surface area contributed by atoms with Gasteiger partial charge in [0.05, 0.1) is 6.04 Å². The van der Waals surface area contributed by atoms with Crippen molar-refractivity contribution in [2.75, 3.05) is 0 Å². The Morgan fingerprint density at radius 2 is 2.31 bits per heavy atom. The molecule has 0 saturated heterocycles. The maximum atomic E-state index is 8.88. The summed E-state index contributed by atoms with van der Waals surface area (Å²) in [5.41, 5.74) is 3.22. The van der Waals surface area contributed by atoms with E-state index in [0.717, 1.165) is 16.5 Å². The van der Waals surface area contributed by atoms with E-state index in [1.54, 1.807) is 6.07 Å². The average molecular weight is 265 g/mol. The van der Waals surface area contributed by atoms with Crippen LogP contribution in [0.2, 0.25) is 5.02 Å². The van der Waals surface area contributed by atoms with Crippen molar-refractivity contribution in [3.8, 4) is 0 Å². The highest BCUT2D eigenvalue weighted by Crippen LogP contribution is 2.27. The van der Waals surface area contributed by atoms with E-state index in [1.807, 2.05) is 19.1 Å². The van der Waals surface area contributed by atoms with Crippen LogP contribution in [-0.4, -0.2) is 5.21 Å². The summed E-state index contributed by atoms with van der Waals surface area (Å²) in [7, 11) is 0. The van der Waals surface area contributed by atoms with Crippen molar-refractivity contribution in [1.29, 1.82) is 0 Å². The number of benzene rings is 1. The predicted molar refractivity (Wildman–Crippen MR) is 57.1 cm³/mol. The van der Waals surface area contributed by atoms with E-state index in [-0.39, 0.29) is 6.04 Å². The Hall–Kier alpha value is -0.0900. The fraction of sp³-hybridized carbons (Fsp3) is 0.333. The van der Waals surface area contributed by atoms with Crippen LogP contribution in [0.3, 0.4) is 0 Å². The van der Waals surface area contributed by atoms with Crippen molar-refractivity contribution in [2.45, 2.75) is 19.4 Å². The normalized spacial score (nSPS) is 12.9. The Morgan fingerprint density at radius 3 is 2.85 bits per heavy atom. The van der Waals surface area contributed by atoms with Crippen LogP contribution in [0, 0.1) is 0 Å². The minimum atomic E-state index is -0.0759. The molecule has 0 amide bonds. The van der Waals surface area contributed by atoms with Gasteiger partial charge in [-0.1, -0.05) is 34.5 Å². The Balaban J connectivity index is 3.03.